The van der Waals surface area contributed by atoms with Crippen LogP contribution in [0.2, 0.25) is 5.02 Å². The number of halogens is 1. The highest BCUT2D eigenvalue weighted by atomic mass is 35.5. The molecule has 1 saturated carbocycles. The molecule has 6 nitrogen and oxygen atoms in total. The van der Waals surface area contributed by atoms with Crippen LogP contribution in [-0.2, 0) is 9.47 Å². The van der Waals surface area contributed by atoms with E-state index in [1.807, 2.05) is 0 Å². The average Bonchev–Trinajstić information content (AvgIpc) is 3.20. The maximum atomic E-state index is 10.2. The summed E-state index contributed by atoms with van der Waals surface area (Å²) in [5.74, 6) is 0.138. The fourth-order valence-electron chi connectivity index (χ4n) is 3.52. The number of aliphatic hydroxyl groups is 3. The first-order valence-electron chi connectivity index (χ1n) is 8.87. The number of rotatable bonds is 7. The van der Waals surface area contributed by atoms with Crippen molar-refractivity contribution in [2.24, 2.45) is 11.8 Å². The molecule has 0 unspecified atom stereocenters. The predicted molar refractivity (Wildman–Crippen MR) is 96.0 cm³/mol. The second-order valence-electron chi connectivity index (χ2n) is 6.74. The van der Waals surface area contributed by atoms with Crippen LogP contribution in [0.3, 0.4) is 0 Å². The Balaban J connectivity index is 1.54. The first-order chi connectivity index (χ1) is 12.5. The molecule has 144 valence electrons. The Morgan fingerprint density at radius 1 is 1.23 bits per heavy atom. The van der Waals surface area contributed by atoms with Gasteiger partial charge in [0.25, 0.3) is 0 Å². The van der Waals surface area contributed by atoms with Crippen LogP contribution in [0.25, 0.3) is 0 Å². The highest BCUT2D eigenvalue weighted by Crippen LogP contribution is 2.37. The molecule has 2 aliphatic rings. The van der Waals surface area contributed by atoms with Gasteiger partial charge in [-0.15, -0.1) is 0 Å². The van der Waals surface area contributed by atoms with Crippen LogP contribution in [0.15, 0.2) is 36.4 Å². The van der Waals surface area contributed by atoms with E-state index in [4.69, 9.17) is 25.8 Å². The first-order valence-corrected chi connectivity index (χ1v) is 9.25. The summed E-state index contributed by atoms with van der Waals surface area (Å²) < 4.78 is 16.4. The second kappa shape index (κ2) is 9.17. The molecule has 1 aliphatic carbocycles. The molecule has 1 aliphatic heterocycles. The molecule has 3 N–H and O–H groups in total. The van der Waals surface area contributed by atoms with Gasteiger partial charge in [-0.05, 0) is 24.1 Å². The van der Waals surface area contributed by atoms with E-state index in [2.05, 4.69) is 0 Å². The molecule has 1 aromatic carbocycles. The molecule has 0 radical (unpaired) electrons. The molecule has 0 bridgehead atoms. The maximum absolute atomic E-state index is 10.2. The normalized spacial score (nSPS) is 30.9. The predicted octanol–water partition coefficient (Wildman–Crippen LogP) is 1.76. The van der Waals surface area contributed by atoms with Gasteiger partial charge in [0, 0.05) is 23.8 Å². The molecular weight excluding hydrogens is 360 g/mol. The summed E-state index contributed by atoms with van der Waals surface area (Å²) in [6, 6.07) is 6.95. The number of aliphatic hydroxyl groups excluding tert-OH is 3. The molecule has 26 heavy (non-hydrogen) atoms. The van der Waals surface area contributed by atoms with E-state index in [1.54, 1.807) is 36.4 Å². The van der Waals surface area contributed by atoms with Crippen molar-refractivity contribution >= 4 is 11.6 Å². The van der Waals surface area contributed by atoms with Crippen molar-refractivity contribution in [1.29, 1.82) is 0 Å². The third-order valence-electron chi connectivity index (χ3n) is 4.84. The Bertz CT molecular complexity index is 603. The summed E-state index contributed by atoms with van der Waals surface area (Å²) in [6.07, 6.45) is 1.72. The third-order valence-corrected chi connectivity index (χ3v) is 5.08. The summed E-state index contributed by atoms with van der Waals surface area (Å²) in [4.78, 5) is 0. The van der Waals surface area contributed by atoms with Crippen LogP contribution in [-0.4, -0.2) is 59.7 Å². The van der Waals surface area contributed by atoms with Gasteiger partial charge in [-0.1, -0.05) is 29.8 Å². The zero-order chi connectivity index (χ0) is 18.5. The molecule has 2 fully saturated rings. The van der Waals surface area contributed by atoms with Crippen LogP contribution >= 0.6 is 11.6 Å². The number of ether oxygens (including phenoxy) is 3. The summed E-state index contributed by atoms with van der Waals surface area (Å²) in [5.41, 5.74) is 0. The van der Waals surface area contributed by atoms with Crippen LogP contribution < -0.4 is 4.74 Å². The van der Waals surface area contributed by atoms with Gasteiger partial charge in [-0.25, -0.2) is 0 Å². The lowest BCUT2D eigenvalue weighted by Gasteiger charge is -2.23. The molecule has 7 heteroatoms. The minimum atomic E-state index is -0.835. The summed E-state index contributed by atoms with van der Waals surface area (Å²) in [6.45, 7) is 1.17. The van der Waals surface area contributed by atoms with Gasteiger partial charge in [0.2, 0.25) is 0 Å². The number of hydrogen-bond donors (Lipinski definition) is 3. The molecule has 5 atom stereocenters. The van der Waals surface area contributed by atoms with E-state index in [0.29, 0.717) is 36.8 Å². The SMILES string of the molecule is O[C@@H]1C[C@H](O)[C@H](/C=C/[C@H](O)COc2cccc(Cl)c2)[C@H]1CC1OCCO1. The standard InChI is InChI=1S/C19H25ClO6/c20-12-2-1-3-14(8-12)26-11-13(21)4-5-15-16(18(23)10-17(15)22)9-19-24-6-7-25-19/h1-5,8,13,15-19,21-23H,6-7,9-11H2/b5-4+/t13-,15+,16+,17-,18+/m0/s1. The molecule has 0 amide bonds. The molecule has 3 rings (SSSR count). The van der Waals surface area contributed by atoms with Gasteiger partial charge >= 0.3 is 0 Å². The largest absolute Gasteiger partial charge is 0.491 e. The van der Waals surface area contributed by atoms with Crippen molar-refractivity contribution in [1.82, 2.24) is 0 Å². The van der Waals surface area contributed by atoms with Crippen LogP contribution in [0.1, 0.15) is 12.8 Å². The van der Waals surface area contributed by atoms with Crippen molar-refractivity contribution in [2.45, 2.75) is 37.4 Å². The second-order valence-corrected chi connectivity index (χ2v) is 7.18. The van der Waals surface area contributed by atoms with Crippen molar-refractivity contribution in [2.75, 3.05) is 19.8 Å². The first kappa shape index (κ1) is 19.6. The number of benzene rings is 1. The Morgan fingerprint density at radius 3 is 2.73 bits per heavy atom. The van der Waals surface area contributed by atoms with E-state index >= 15 is 0 Å². The topological polar surface area (TPSA) is 88.4 Å². The van der Waals surface area contributed by atoms with Crippen molar-refractivity contribution in [3.8, 4) is 5.75 Å². The van der Waals surface area contributed by atoms with E-state index < -0.39 is 18.3 Å². The average molecular weight is 385 g/mol. The minimum absolute atomic E-state index is 0.0712. The summed E-state index contributed by atoms with van der Waals surface area (Å²) in [5, 5.41) is 31.2. The van der Waals surface area contributed by atoms with Crippen molar-refractivity contribution in [3.05, 3.63) is 41.4 Å². The van der Waals surface area contributed by atoms with Crippen LogP contribution in [0.5, 0.6) is 5.75 Å². The van der Waals surface area contributed by atoms with Crippen LogP contribution in [0, 0.1) is 11.8 Å². The van der Waals surface area contributed by atoms with E-state index in [1.165, 1.54) is 0 Å². The molecule has 1 aromatic rings. The fourth-order valence-corrected chi connectivity index (χ4v) is 3.70. The minimum Gasteiger partial charge on any atom is -0.491 e. The Labute approximate surface area is 158 Å². The molecule has 0 spiro atoms. The zero-order valence-corrected chi connectivity index (χ0v) is 15.2. The highest BCUT2D eigenvalue weighted by molar-refractivity contribution is 6.30. The van der Waals surface area contributed by atoms with E-state index in [9.17, 15) is 15.3 Å². The Morgan fingerprint density at radius 2 is 2.00 bits per heavy atom. The Kier molecular flexibility index (Phi) is 6.92. The molecular formula is C19H25ClO6. The molecule has 1 heterocycles. The lowest BCUT2D eigenvalue weighted by atomic mass is 9.89. The van der Waals surface area contributed by atoms with Crippen LogP contribution in [0.4, 0.5) is 0 Å². The number of hydrogen-bond acceptors (Lipinski definition) is 6. The third kappa shape index (κ3) is 5.19. The molecule has 1 saturated heterocycles. The summed E-state index contributed by atoms with van der Waals surface area (Å²) in [7, 11) is 0. The smallest absolute Gasteiger partial charge is 0.158 e. The lowest BCUT2D eigenvalue weighted by Crippen LogP contribution is -2.26. The van der Waals surface area contributed by atoms with Gasteiger partial charge in [0.05, 0.1) is 25.4 Å². The Hall–Kier alpha value is -1.15. The maximum Gasteiger partial charge on any atom is 0.158 e. The quantitative estimate of drug-likeness (QED) is 0.621. The zero-order valence-electron chi connectivity index (χ0n) is 14.4. The van der Waals surface area contributed by atoms with E-state index in [0.717, 1.165) is 0 Å². The van der Waals surface area contributed by atoms with Gasteiger partial charge in [0.15, 0.2) is 6.29 Å². The van der Waals surface area contributed by atoms with Crippen molar-refractivity contribution in [3.63, 3.8) is 0 Å². The fraction of sp³-hybridized carbons (Fsp3) is 0.579. The van der Waals surface area contributed by atoms with Gasteiger partial charge in [-0.2, -0.15) is 0 Å². The van der Waals surface area contributed by atoms with Gasteiger partial charge < -0.3 is 29.5 Å². The monoisotopic (exact) mass is 384 g/mol. The van der Waals surface area contributed by atoms with Crippen molar-refractivity contribution < 1.29 is 29.5 Å². The molecule has 0 aromatic heterocycles. The van der Waals surface area contributed by atoms with Gasteiger partial charge in [-0.3, -0.25) is 0 Å². The summed E-state index contributed by atoms with van der Waals surface area (Å²) >= 11 is 5.89. The van der Waals surface area contributed by atoms with E-state index in [-0.39, 0.29) is 24.7 Å². The lowest BCUT2D eigenvalue weighted by molar-refractivity contribution is -0.0696. The van der Waals surface area contributed by atoms with Gasteiger partial charge in [0.1, 0.15) is 18.5 Å². The highest BCUT2D eigenvalue weighted by Gasteiger charge is 2.42.